The molecule has 1 fully saturated rings. The first-order chi connectivity index (χ1) is 8.01. The molecule has 0 radical (unpaired) electrons. The number of carbonyl (C=O) groups excluding carboxylic acids is 1. The van der Waals surface area contributed by atoms with Gasteiger partial charge in [-0.2, -0.15) is 0 Å². The molecule has 1 aliphatic rings. The lowest BCUT2D eigenvalue weighted by Gasteiger charge is -2.41. The predicted octanol–water partition coefficient (Wildman–Crippen LogP) is 0.239. The van der Waals surface area contributed by atoms with Gasteiger partial charge in [0.25, 0.3) is 0 Å². The zero-order chi connectivity index (χ0) is 12.9. The Hall–Kier alpha value is -0.650. The van der Waals surface area contributed by atoms with Crippen molar-refractivity contribution in [3.05, 3.63) is 0 Å². The van der Waals surface area contributed by atoms with Crippen molar-refractivity contribution in [1.82, 2.24) is 10.3 Å². The molecule has 4 N–H and O–H groups in total. The van der Waals surface area contributed by atoms with E-state index in [1.54, 1.807) is 0 Å². The van der Waals surface area contributed by atoms with E-state index in [9.17, 15) is 4.79 Å². The van der Waals surface area contributed by atoms with E-state index in [0.29, 0.717) is 12.6 Å². The fourth-order valence-electron chi connectivity index (χ4n) is 2.19. The standard InChI is InChI=1S/C12H25N3O2/c1-12(2,11(17)14-13)9-15(7-4-8-16)10-5-3-6-10/h10,16H,3-9,13H2,1-2H3,(H,14,17). The summed E-state index contributed by atoms with van der Waals surface area (Å²) in [5, 5.41) is 8.92. The van der Waals surface area contributed by atoms with Crippen LogP contribution in [0.4, 0.5) is 0 Å². The summed E-state index contributed by atoms with van der Waals surface area (Å²) in [4.78, 5) is 14.0. The quantitative estimate of drug-likeness (QED) is 0.340. The number of hydrazine groups is 1. The van der Waals surface area contributed by atoms with Crippen LogP contribution in [0, 0.1) is 5.41 Å². The van der Waals surface area contributed by atoms with Gasteiger partial charge >= 0.3 is 0 Å². The molecule has 0 spiro atoms. The zero-order valence-electron chi connectivity index (χ0n) is 10.9. The van der Waals surface area contributed by atoms with Gasteiger partial charge in [-0.25, -0.2) is 5.84 Å². The van der Waals surface area contributed by atoms with Gasteiger partial charge in [0.05, 0.1) is 5.41 Å². The van der Waals surface area contributed by atoms with E-state index in [0.717, 1.165) is 13.0 Å². The highest BCUT2D eigenvalue weighted by Gasteiger charge is 2.33. The molecule has 1 saturated carbocycles. The number of carbonyl (C=O) groups is 1. The number of amides is 1. The van der Waals surface area contributed by atoms with E-state index in [1.807, 2.05) is 13.8 Å². The van der Waals surface area contributed by atoms with Crippen LogP contribution in [0.25, 0.3) is 0 Å². The van der Waals surface area contributed by atoms with Crippen LogP contribution >= 0.6 is 0 Å². The van der Waals surface area contributed by atoms with E-state index in [-0.39, 0.29) is 12.5 Å². The summed E-state index contributed by atoms with van der Waals surface area (Å²) in [5.41, 5.74) is 1.74. The first kappa shape index (κ1) is 14.4. The van der Waals surface area contributed by atoms with Gasteiger partial charge in [0, 0.05) is 25.7 Å². The molecule has 0 aliphatic heterocycles. The molecular weight excluding hydrogens is 218 g/mol. The van der Waals surface area contributed by atoms with Gasteiger partial charge in [0.2, 0.25) is 5.91 Å². The van der Waals surface area contributed by atoms with Crippen molar-refractivity contribution in [3.63, 3.8) is 0 Å². The normalized spacial score (nSPS) is 17.0. The Morgan fingerprint density at radius 3 is 2.59 bits per heavy atom. The molecule has 1 aliphatic carbocycles. The van der Waals surface area contributed by atoms with Crippen LogP contribution in [0.15, 0.2) is 0 Å². The van der Waals surface area contributed by atoms with Crippen molar-refractivity contribution in [2.45, 2.75) is 45.6 Å². The van der Waals surface area contributed by atoms with Gasteiger partial charge in [0.1, 0.15) is 0 Å². The summed E-state index contributed by atoms with van der Waals surface area (Å²) >= 11 is 0. The maximum atomic E-state index is 11.7. The van der Waals surface area contributed by atoms with Gasteiger partial charge in [-0.05, 0) is 33.1 Å². The fourth-order valence-corrected chi connectivity index (χ4v) is 2.19. The number of hydrogen-bond donors (Lipinski definition) is 3. The van der Waals surface area contributed by atoms with Crippen LogP contribution < -0.4 is 11.3 Å². The van der Waals surface area contributed by atoms with Crippen LogP contribution in [0.1, 0.15) is 39.5 Å². The summed E-state index contributed by atoms with van der Waals surface area (Å²) in [7, 11) is 0. The molecule has 1 rings (SSSR count). The van der Waals surface area contributed by atoms with E-state index < -0.39 is 5.41 Å². The van der Waals surface area contributed by atoms with E-state index >= 15 is 0 Å². The number of aliphatic hydroxyl groups excluding tert-OH is 1. The van der Waals surface area contributed by atoms with E-state index in [1.165, 1.54) is 19.3 Å². The Morgan fingerprint density at radius 2 is 2.18 bits per heavy atom. The summed E-state index contributed by atoms with van der Waals surface area (Å²) in [6.07, 6.45) is 4.43. The maximum Gasteiger partial charge on any atom is 0.240 e. The number of nitrogens with two attached hydrogens (primary N) is 1. The highest BCUT2D eigenvalue weighted by Crippen LogP contribution is 2.28. The highest BCUT2D eigenvalue weighted by atomic mass is 16.3. The lowest BCUT2D eigenvalue weighted by molar-refractivity contribution is -0.131. The molecule has 0 bridgehead atoms. The largest absolute Gasteiger partial charge is 0.396 e. The lowest BCUT2D eigenvalue weighted by atomic mass is 9.86. The molecule has 0 saturated heterocycles. The summed E-state index contributed by atoms with van der Waals surface area (Å²) < 4.78 is 0. The molecule has 0 aromatic carbocycles. The fraction of sp³-hybridized carbons (Fsp3) is 0.917. The molecule has 0 atom stereocenters. The maximum absolute atomic E-state index is 11.7. The molecule has 0 unspecified atom stereocenters. The van der Waals surface area contributed by atoms with Crippen LogP contribution in [0.3, 0.4) is 0 Å². The second-order valence-electron chi connectivity index (χ2n) is 5.49. The monoisotopic (exact) mass is 243 g/mol. The third-order valence-electron chi connectivity index (χ3n) is 3.54. The predicted molar refractivity (Wildman–Crippen MR) is 67.0 cm³/mol. The number of nitrogens with zero attached hydrogens (tertiary/aromatic N) is 1. The highest BCUT2D eigenvalue weighted by molar-refractivity contribution is 5.81. The molecule has 0 aromatic rings. The Kier molecular flexibility index (Phi) is 5.36. The van der Waals surface area contributed by atoms with Crippen LogP contribution in [0.2, 0.25) is 0 Å². The summed E-state index contributed by atoms with van der Waals surface area (Å²) in [6.45, 7) is 5.55. The topological polar surface area (TPSA) is 78.6 Å². The molecule has 0 aromatic heterocycles. The molecule has 17 heavy (non-hydrogen) atoms. The Labute approximate surface area is 103 Å². The third kappa shape index (κ3) is 3.94. The van der Waals surface area contributed by atoms with Crippen LogP contribution in [0.5, 0.6) is 0 Å². The molecule has 1 amide bonds. The second-order valence-corrected chi connectivity index (χ2v) is 5.49. The van der Waals surface area contributed by atoms with Crippen molar-refractivity contribution in [1.29, 1.82) is 0 Å². The van der Waals surface area contributed by atoms with Crippen molar-refractivity contribution < 1.29 is 9.90 Å². The first-order valence-corrected chi connectivity index (χ1v) is 6.37. The van der Waals surface area contributed by atoms with Gasteiger partial charge in [-0.3, -0.25) is 15.1 Å². The number of rotatable bonds is 7. The van der Waals surface area contributed by atoms with Crippen molar-refractivity contribution in [2.75, 3.05) is 19.7 Å². The van der Waals surface area contributed by atoms with Gasteiger partial charge in [0.15, 0.2) is 0 Å². The third-order valence-corrected chi connectivity index (χ3v) is 3.54. The minimum Gasteiger partial charge on any atom is -0.396 e. The van der Waals surface area contributed by atoms with Gasteiger partial charge in [-0.1, -0.05) is 6.42 Å². The Bertz CT molecular complexity index is 252. The number of aliphatic hydroxyl groups is 1. The molecule has 0 heterocycles. The van der Waals surface area contributed by atoms with E-state index in [4.69, 9.17) is 10.9 Å². The lowest BCUT2D eigenvalue weighted by Crippen LogP contribution is -2.51. The summed E-state index contributed by atoms with van der Waals surface area (Å²) in [5.74, 6) is 5.07. The molecule has 5 nitrogen and oxygen atoms in total. The summed E-state index contributed by atoms with van der Waals surface area (Å²) in [6, 6.07) is 0.575. The molecule has 100 valence electrons. The Morgan fingerprint density at radius 1 is 1.53 bits per heavy atom. The molecular formula is C12H25N3O2. The van der Waals surface area contributed by atoms with Crippen molar-refractivity contribution in [2.24, 2.45) is 11.3 Å². The van der Waals surface area contributed by atoms with Gasteiger partial charge in [-0.15, -0.1) is 0 Å². The van der Waals surface area contributed by atoms with E-state index in [2.05, 4.69) is 10.3 Å². The minimum atomic E-state index is -0.486. The minimum absolute atomic E-state index is 0.133. The van der Waals surface area contributed by atoms with Crippen molar-refractivity contribution >= 4 is 5.91 Å². The van der Waals surface area contributed by atoms with Crippen LogP contribution in [-0.4, -0.2) is 41.7 Å². The molecule has 5 heteroatoms. The zero-order valence-corrected chi connectivity index (χ0v) is 10.9. The average molecular weight is 243 g/mol. The smallest absolute Gasteiger partial charge is 0.240 e. The van der Waals surface area contributed by atoms with Gasteiger partial charge < -0.3 is 5.11 Å². The number of hydrogen-bond acceptors (Lipinski definition) is 4. The SMILES string of the molecule is CC(C)(CN(CCCO)C1CCC1)C(=O)NN. The second kappa shape index (κ2) is 6.33. The Balaban J connectivity index is 2.54. The van der Waals surface area contributed by atoms with Crippen molar-refractivity contribution in [3.8, 4) is 0 Å². The average Bonchev–Trinajstić information content (AvgIpc) is 2.21. The van der Waals surface area contributed by atoms with Crippen LogP contribution in [-0.2, 0) is 4.79 Å². The number of nitrogens with one attached hydrogen (secondary N) is 1. The first-order valence-electron chi connectivity index (χ1n) is 6.37.